The first-order chi connectivity index (χ1) is 12.7. The van der Waals surface area contributed by atoms with Gasteiger partial charge in [0.05, 0.1) is 25.3 Å². The Kier molecular flexibility index (Phi) is 7.61. The van der Waals surface area contributed by atoms with Gasteiger partial charge in [0, 0.05) is 12.1 Å². The smallest absolute Gasteiger partial charge is 0.337 e. The highest BCUT2D eigenvalue weighted by atomic mass is 35.5. The van der Waals surface area contributed by atoms with Crippen LogP contribution in [0.5, 0.6) is 0 Å². The molecule has 1 unspecified atom stereocenters. The van der Waals surface area contributed by atoms with Gasteiger partial charge < -0.3 is 19.6 Å². The Hall–Kier alpha value is -2.60. The summed E-state index contributed by atoms with van der Waals surface area (Å²) < 4.78 is 10.5. The van der Waals surface area contributed by atoms with Gasteiger partial charge in [-0.15, -0.1) is 12.4 Å². The molecular weight excluding hydrogens is 366 g/mol. The molecule has 0 saturated carbocycles. The second kappa shape index (κ2) is 9.92. The molecule has 0 fully saturated rings. The maximum Gasteiger partial charge on any atom is 0.337 e. The highest BCUT2D eigenvalue weighted by Gasteiger charge is 2.09. The average molecular weight is 388 g/mol. The van der Waals surface area contributed by atoms with Gasteiger partial charge in [-0.3, -0.25) is 0 Å². The van der Waals surface area contributed by atoms with E-state index >= 15 is 0 Å². The molecule has 1 heterocycles. The summed E-state index contributed by atoms with van der Waals surface area (Å²) in [5.74, 6) is 1.14. The van der Waals surface area contributed by atoms with Gasteiger partial charge in [-0.25, -0.2) is 4.79 Å². The van der Waals surface area contributed by atoms with E-state index < -0.39 is 6.10 Å². The number of carbonyl (C=O) groups excluding carboxylic acids is 1. The predicted octanol–water partition coefficient (Wildman–Crippen LogP) is 3.98. The number of halogens is 1. The van der Waals surface area contributed by atoms with Crippen molar-refractivity contribution in [3.8, 4) is 11.3 Å². The molecule has 3 rings (SSSR count). The number of aliphatic hydroxyl groups is 1. The summed E-state index contributed by atoms with van der Waals surface area (Å²) in [5, 5.41) is 13.3. The van der Waals surface area contributed by atoms with Crippen LogP contribution in [-0.4, -0.2) is 24.7 Å². The Bertz CT molecular complexity index is 846. The molecule has 2 aromatic carbocycles. The molecule has 142 valence electrons. The molecule has 3 aromatic rings. The monoisotopic (exact) mass is 387 g/mol. The second-order valence-electron chi connectivity index (χ2n) is 5.89. The fourth-order valence-electron chi connectivity index (χ4n) is 2.64. The molecule has 0 bridgehead atoms. The minimum Gasteiger partial charge on any atom is -0.465 e. The molecule has 0 amide bonds. The average Bonchev–Trinajstić information content (AvgIpc) is 3.17. The number of carbonyl (C=O) groups is 1. The molecule has 27 heavy (non-hydrogen) atoms. The van der Waals surface area contributed by atoms with Gasteiger partial charge in [-0.1, -0.05) is 42.5 Å². The van der Waals surface area contributed by atoms with E-state index in [1.165, 1.54) is 7.11 Å². The summed E-state index contributed by atoms with van der Waals surface area (Å²) in [6.45, 7) is 0.956. The zero-order chi connectivity index (χ0) is 18.4. The number of aliphatic hydroxyl groups excluding tert-OH is 1. The highest BCUT2D eigenvalue weighted by molar-refractivity contribution is 5.89. The van der Waals surface area contributed by atoms with Crippen molar-refractivity contribution in [2.45, 2.75) is 12.6 Å². The fraction of sp³-hybridized carbons (Fsp3) is 0.190. The first-order valence-corrected chi connectivity index (χ1v) is 8.38. The van der Waals surface area contributed by atoms with Crippen molar-refractivity contribution in [1.29, 1.82) is 0 Å². The summed E-state index contributed by atoms with van der Waals surface area (Å²) in [5.41, 5.74) is 2.26. The lowest BCUT2D eigenvalue weighted by molar-refractivity contribution is 0.0600. The van der Waals surface area contributed by atoms with Crippen molar-refractivity contribution < 1.29 is 19.1 Å². The standard InChI is InChI=1S/C21H21NO4.ClH/c1-25-21(24)17-9-7-16(8-10-17)20-12-11-18(26-20)13-22-14-19(23)15-5-3-2-4-6-15;/h2-12,19,22-23H,13-14H2,1H3;1H. The number of furan rings is 1. The van der Waals surface area contributed by atoms with E-state index in [0.717, 1.165) is 22.6 Å². The third-order valence-electron chi connectivity index (χ3n) is 4.07. The molecular formula is C21H22ClNO4. The summed E-state index contributed by atoms with van der Waals surface area (Å²) in [6.07, 6.45) is -0.559. The van der Waals surface area contributed by atoms with Gasteiger partial charge in [-0.2, -0.15) is 0 Å². The van der Waals surface area contributed by atoms with Gasteiger partial charge in [0.25, 0.3) is 0 Å². The summed E-state index contributed by atoms with van der Waals surface area (Å²) in [7, 11) is 1.36. The molecule has 2 N–H and O–H groups in total. The van der Waals surface area contributed by atoms with Crippen molar-refractivity contribution in [2.24, 2.45) is 0 Å². The number of rotatable bonds is 7. The van der Waals surface area contributed by atoms with E-state index in [-0.39, 0.29) is 18.4 Å². The van der Waals surface area contributed by atoms with Gasteiger partial charge >= 0.3 is 5.97 Å². The Morgan fingerprint density at radius 1 is 1.07 bits per heavy atom. The van der Waals surface area contributed by atoms with Crippen molar-refractivity contribution in [3.63, 3.8) is 0 Å². The van der Waals surface area contributed by atoms with Crippen LogP contribution in [0.1, 0.15) is 27.8 Å². The maximum absolute atomic E-state index is 11.5. The molecule has 6 heteroatoms. The number of hydrogen-bond donors (Lipinski definition) is 2. The lowest BCUT2D eigenvalue weighted by Crippen LogP contribution is -2.20. The Balaban J connectivity index is 0.00000261. The highest BCUT2D eigenvalue weighted by Crippen LogP contribution is 2.23. The van der Waals surface area contributed by atoms with Gasteiger partial charge in [0.2, 0.25) is 0 Å². The molecule has 0 aliphatic carbocycles. The van der Waals surface area contributed by atoms with E-state index in [1.807, 2.05) is 54.6 Å². The lowest BCUT2D eigenvalue weighted by atomic mass is 10.1. The van der Waals surface area contributed by atoms with Crippen LogP contribution in [0.2, 0.25) is 0 Å². The zero-order valence-electron chi connectivity index (χ0n) is 14.9. The van der Waals surface area contributed by atoms with E-state index in [0.29, 0.717) is 18.7 Å². The third-order valence-corrected chi connectivity index (χ3v) is 4.07. The van der Waals surface area contributed by atoms with Crippen LogP contribution in [0.3, 0.4) is 0 Å². The van der Waals surface area contributed by atoms with Crippen LogP contribution in [0.25, 0.3) is 11.3 Å². The predicted molar refractivity (Wildman–Crippen MR) is 106 cm³/mol. The fourth-order valence-corrected chi connectivity index (χ4v) is 2.64. The quantitative estimate of drug-likeness (QED) is 0.600. The van der Waals surface area contributed by atoms with Gasteiger partial charge in [0.1, 0.15) is 11.5 Å². The zero-order valence-corrected chi connectivity index (χ0v) is 15.7. The number of ether oxygens (including phenoxy) is 1. The SMILES string of the molecule is COC(=O)c1ccc(-c2ccc(CNCC(O)c3ccccc3)o2)cc1.Cl. The number of nitrogens with one attached hydrogen (secondary N) is 1. The van der Waals surface area contributed by atoms with E-state index in [2.05, 4.69) is 5.32 Å². The minimum absolute atomic E-state index is 0. The Labute approximate surface area is 164 Å². The molecule has 0 spiro atoms. The number of benzene rings is 2. The third kappa shape index (κ3) is 5.44. The van der Waals surface area contributed by atoms with Crippen LogP contribution in [0.15, 0.2) is 71.1 Å². The van der Waals surface area contributed by atoms with Crippen molar-refractivity contribution in [2.75, 3.05) is 13.7 Å². The van der Waals surface area contributed by atoms with Gasteiger partial charge in [0.15, 0.2) is 0 Å². The van der Waals surface area contributed by atoms with E-state index in [1.54, 1.807) is 12.1 Å². The van der Waals surface area contributed by atoms with Crippen molar-refractivity contribution >= 4 is 18.4 Å². The minimum atomic E-state index is -0.559. The first kappa shape index (κ1) is 20.7. The van der Waals surface area contributed by atoms with Gasteiger partial charge in [-0.05, 0) is 29.8 Å². The topological polar surface area (TPSA) is 71.7 Å². The Morgan fingerprint density at radius 2 is 1.78 bits per heavy atom. The van der Waals surface area contributed by atoms with Crippen molar-refractivity contribution in [1.82, 2.24) is 5.32 Å². The second-order valence-corrected chi connectivity index (χ2v) is 5.89. The van der Waals surface area contributed by atoms with E-state index in [4.69, 9.17) is 9.15 Å². The molecule has 0 radical (unpaired) electrons. The van der Waals surface area contributed by atoms with Crippen LogP contribution in [-0.2, 0) is 11.3 Å². The number of hydrogen-bond acceptors (Lipinski definition) is 5. The lowest BCUT2D eigenvalue weighted by Gasteiger charge is -2.11. The molecule has 0 saturated heterocycles. The normalized spacial score (nSPS) is 11.5. The summed E-state index contributed by atoms with van der Waals surface area (Å²) in [6, 6.07) is 20.4. The Morgan fingerprint density at radius 3 is 2.44 bits per heavy atom. The molecule has 0 aliphatic rings. The number of methoxy groups -OCH3 is 1. The van der Waals surface area contributed by atoms with Crippen LogP contribution >= 0.6 is 12.4 Å². The van der Waals surface area contributed by atoms with Crippen LogP contribution in [0.4, 0.5) is 0 Å². The summed E-state index contributed by atoms with van der Waals surface area (Å²) >= 11 is 0. The maximum atomic E-state index is 11.5. The van der Waals surface area contributed by atoms with E-state index in [9.17, 15) is 9.90 Å². The molecule has 5 nitrogen and oxygen atoms in total. The first-order valence-electron chi connectivity index (χ1n) is 8.38. The molecule has 1 aromatic heterocycles. The molecule has 1 atom stereocenters. The number of esters is 1. The summed E-state index contributed by atoms with van der Waals surface area (Å²) in [4.78, 5) is 11.5. The van der Waals surface area contributed by atoms with Crippen LogP contribution in [0, 0.1) is 0 Å². The van der Waals surface area contributed by atoms with Crippen LogP contribution < -0.4 is 5.32 Å². The largest absolute Gasteiger partial charge is 0.465 e. The molecule has 0 aliphatic heterocycles. The van der Waals surface area contributed by atoms with Crippen molar-refractivity contribution in [3.05, 3.63) is 83.6 Å².